The lowest BCUT2D eigenvalue weighted by Gasteiger charge is -2.39. The average molecular weight is 432 g/mol. The molecule has 0 N–H and O–H groups in total. The van der Waals surface area contributed by atoms with Gasteiger partial charge in [-0.1, -0.05) is 30.3 Å². The smallest absolute Gasteiger partial charge is 0.410 e. The molecule has 2 aliphatic rings. The zero-order chi connectivity index (χ0) is 22.4. The number of benzene rings is 1. The fraction of sp³-hybridized carbons (Fsp3) is 0.609. The second kappa shape index (κ2) is 10.0. The minimum absolute atomic E-state index is 0.0141. The summed E-state index contributed by atoms with van der Waals surface area (Å²) >= 11 is 0. The monoisotopic (exact) mass is 431 g/mol. The summed E-state index contributed by atoms with van der Waals surface area (Å²) in [5, 5.41) is 0. The quantitative estimate of drug-likeness (QED) is 0.665. The van der Waals surface area contributed by atoms with Gasteiger partial charge in [-0.05, 0) is 46.1 Å². The average Bonchev–Trinajstić information content (AvgIpc) is 3.16. The standard InChI is InChI=1S/C23H33N3O5/c1-5-29-20(27)15-24-21-26(19(16-30-21)17-9-7-6-8-10-17)18-11-13-25(14-12-18)22(28)31-23(2,3)4/h6-10,18-19H,5,11-16H2,1-4H3. The first-order valence-electron chi connectivity index (χ1n) is 10.9. The molecule has 1 aromatic rings. The molecule has 31 heavy (non-hydrogen) atoms. The third-order valence-electron chi connectivity index (χ3n) is 5.27. The first-order valence-corrected chi connectivity index (χ1v) is 10.9. The van der Waals surface area contributed by atoms with Crippen LogP contribution < -0.4 is 0 Å². The predicted octanol–water partition coefficient (Wildman–Crippen LogP) is 3.38. The van der Waals surface area contributed by atoms with Crippen molar-refractivity contribution < 1.29 is 23.8 Å². The van der Waals surface area contributed by atoms with E-state index in [1.54, 1.807) is 11.8 Å². The van der Waals surface area contributed by atoms with E-state index in [0.29, 0.717) is 32.3 Å². The van der Waals surface area contributed by atoms with E-state index in [0.717, 1.165) is 18.4 Å². The SMILES string of the molecule is CCOC(=O)CN=C1OCC(c2ccccc2)N1C1CCN(C(=O)OC(C)(C)C)CC1. The third-order valence-corrected chi connectivity index (χ3v) is 5.27. The Bertz CT molecular complexity index is 782. The molecule has 2 aliphatic heterocycles. The van der Waals surface area contributed by atoms with E-state index in [4.69, 9.17) is 14.2 Å². The minimum atomic E-state index is -0.512. The highest BCUT2D eigenvalue weighted by Crippen LogP contribution is 2.33. The molecular weight excluding hydrogens is 398 g/mol. The second-order valence-corrected chi connectivity index (χ2v) is 8.75. The van der Waals surface area contributed by atoms with Crippen molar-refractivity contribution >= 4 is 18.1 Å². The van der Waals surface area contributed by atoms with Crippen molar-refractivity contribution in [2.45, 2.75) is 58.2 Å². The van der Waals surface area contributed by atoms with Crippen LogP contribution in [0.15, 0.2) is 35.3 Å². The highest BCUT2D eigenvalue weighted by Gasteiger charge is 2.40. The highest BCUT2D eigenvalue weighted by atomic mass is 16.6. The van der Waals surface area contributed by atoms with Crippen molar-refractivity contribution in [2.75, 3.05) is 32.8 Å². The maximum atomic E-state index is 12.4. The van der Waals surface area contributed by atoms with Gasteiger partial charge in [-0.3, -0.25) is 4.79 Å². The molecule has 170 valence electrons. The Kier molecular flexibility index (Phi) is 7.41. The molecule has 0 spiro atoms. The number of esters is 1. The molecule has 0 bridgehead atoms. The van der Waals surface area contributed by atoms with E-state index < -0.39 is 5.60 Å². The zero-order valence-electron chi connectivity index (χ0n) is 18.9. The molecule has 2 saturated heterocycles. The van der Waals surface area contributed by atoms with Gasteiger partial charge in [0.25, 0.3) is 6.02 Å². The van der Waals surface area contributed by atoms with Crippen LogP contribution in [0.2, 0.25) is 0 Å². The lowest BCUT2D eigenvalue weighted by molar-refractivity contribution is -0.141. The molecule has 2 heterocycles. The Morgan fingerprint density at radius 3 is 2.45 bits per heavy atom. The number of aliphatic imine (C=N–C) groups is 1. The number of piperidine rings is 1. The Labute approximate surface area is 184 Å². The Balaban J connectivity index is 1.73. The van der Waals surface area contributed by atoms with Crippen LogP contribution in [0.5, 0.6) is 0 Å². The Hall–Kier alpha value is -2.77. The number of hydrogen-bond donors (Lipinski definition) is 0. The van der Waals surface area contributed by atoms with E-state index in [1.165, 1.54) is 0 Å². The number of carbonyl (C=O) groups is 2. The fourth-order valence-corrected chi connectivity index (χ4v) is 3.90. The number of amidine groups is 1. The van der Waals surface area contributed by atoms with Crippen molar-refractivity contribution in [2.24, 2.45) is 4.99 Å². The molecule has 2 fully saturated rings. The number of amides is 1. The molecule has 8 nitrogen and oxygen atoms in total. The Morgan fingerprint density at radius 2 is 1.84 bits per heavy atom. The Morgan fingerprint density at radius 1 is 1.16 bits per heavy atom. The van der Waals surface area contributed by atoms with Crippen LogP contribution in [0, 0.1) is 0 Å². The van der Waals surface area contributed by atoms with Gasteiger partial charge in [-0.2, -0.15) is 0 Å². The fourth-order valence-electron chi connectivity index (χ4n) is 3.90. The molecule has 0 radical (unpaired) electrons. The molecule has 1 unspecified atom stereocenters. The number of nitrogens with zero attached hydrogens (tertiary/aromatic N) is 3. The molecule has 0 saturated carbocycles. The summed E-state index contributed by atoms with van der Waals surface area (Å²) in [5.41, 5.74) is 0.626. The van der Waals surface area contributed by atoms with E-state index >= 15 is 0 Å². The summed E-state index contributed by atoms with van der Waals surface area (Å²) in [4.78, 5) is 32.6. The van der Waals surface area contributed by atoms with Gasteiger partial charge in [0.2, 0.25) is 0 Å². The molecule has 1 atom stereocenters. The van der Waals surface area contributed by atoms with Crippen LogP contribution >= 0.6 is 0 Å². The summed E-state index contributed by atoms with van der Waals surface area (Å²) < 4.78 is 16.4. The maximum absolute atomic E-state index is 12.4. The number of hydrogen-bond acceptors (Lipinski definition) is 6. The molecule has 1 amide bonds. The summed E-state index contributed by atoms with van der Waals surface area (Å²) in [7, 11) is 0. The lowest BCUT2D eigenvalue weighted by atomic mass is 9.99. The van der Waals surface area contributed by atoms with Gasteiger partial charge >= 0.3 is 12.1 Å². The van der Waals surface area contributed by atoms with Crippen LogP contribution in [-0.2, 0) is 19.0 Å². The molecule has 1 aromatic carbocycles. The third kappa shape index (κ3) is 6.12. The largest absolute Gasteiger partial charge is 0.465 e. The van der Waals surface area contributed by atoms with Gasteiger partial charge in [-0.15, -0.1) is 0 Å². The first kappa shape index (κ1) is 22.9. The number of ether oxygens (including phenoxy) is 3. The van der Waals surface area contributed by atoms with Gasteiger partial charge in [0.1, 0.15) is 18.8 Å². The maximum Gasteiger partial charge on any atom is 0.410 e. The van der Waals surface area contributed by atoms with Crippen molar-refractivity contribution in [1.29, 1.82) is 0 Å². The van der Waals surface area contributed by atoms with Crippen LogP contribution in [0.25, 0.3) is 0 Å². The minimum Gasteiger partial charge on any atom is -0.465 e. The first-order chi connectivity index (χ1) is 14.8. The highest BCUT2D eigenvalue weighted by molar-refractivity contribution is 5.81. The second-order valence-electron chi connectivity index (χ2n) is 8.75. The topological polar surface area (TPSA) is 80.7 Å². The van der Waals surface area contributed by atoms with Gasteiger partial charge in [0, 0.05) is 19.1 Å². The van der Waals surface area contributed by atoms with Gasteiger partial charge in [0.05, 0.1) is 12.6 Å². The molecule has 3 rings (SSSR count). The lowest BCUT2D eigenvalue weighted by Crippen LogP contribution is -2.49. The van der Waals surface area contributed by atoms with Crippen molar-refractivity contribution in [3.05, 3.63) is 35.9 Å². The van der Waals surface area contributed by atoms with E-state index in [1.807, 2.05) is 39.0 Å². The van der Waals surface area contributed by atoms with Crippen molar-refractivity contribution in [3.63, 3.8) is 0 Å². The van der Waals surface area contributed by atoms with Crippen molar-refractivity contribution in [3.8, 4) is 0 Å². The molecule has 8 heteroatoms. The zero-order valence-corrected chi connectivity index (χ0v) is 18.9. The van der Waals surface area contributed by atoms with Crippen LogP contribution in [0.3, 0.4) is 0 Å². The molecule has 0 aromatic heterocycles. The van der Waals surface area contributed by atoms with Gasteiger partial charge in [0.15, 0.2) is 0 Å². The summed E-state index contributed by atoms with van der Waals surface area (Å²) in [6.07, 6.45) is 1.26. The van der Waals surface area contributed by atoms with Gasteiger partial charge in [-0.25, -0.2) is 9.79 Å². The number of carbonyl (C=O) groups excluding carboxylic acids is 2. The van der Waals surface area contributed by atoms with Crippen LogP contribution in [0.4, 0.5) is 4.79 Å². The number of rotatable bonds is 5. The van der Waals surface area contributed by atoms with E-state index in [9.17, 15) is 9.59 Å². The van der Waals surface area contributed by atoms with E-state index in [-0.39, 0.29) is 30.7 Å². The number of likely N-dealkylation sites (tertiary alicyclic amines) is 1. The predicted molar refractivity (Wildman–Crippen MR) is 117 cm³/mol. The summed E-state index contributed by atoms with van der Waals surface area (Å²) in [6, 6.07) is 10.8. The normalized spacial score (nSPS) is 21.2. The summed E-state index contributed by atoms with van der Waals surface area (Å²) in [6.45, 7) is 9.31. The van der Waals surface area contributed by atoms with E-state index in [2.05, 4.69) is 22.0 Å². The van der Waals surface area contributed by atoms with Crippen LogP contribution in [-0.4, -0.2) is 72.4 Å². The summed E-state index contributed by atoms with van der Waals surface area (Å²) in [5.74, 6) is -0.374. The van der Waals surface area contributed by atoms with Gasteiger partial charge < -0.3 is 24.0 Å². The molecule has 0 aliphatic carbocycles. The van der Waals surface area contributed by atoms with Crippen LogP contribution in [0.1, 0.15) is 52.1 Å². The van der Waals surface area contributed by atoms with Crippen molar-refractivity contribution in [1.82, 2.24) is 9.80 Å². The molecular formula is C23H33N3O5.